The van der Waals surface area contributed by atoms with Crippen LogP contribution in [0.4, 0.5) is 0 Å². The van der Waals surface area contributed by atoms with Gasteiger partial charge in [-0.3, -0.25) is 4.98 Å². The van der Waals surface area contributed by atoms with E-state index in [9.17, 15) is 0 Å². The molecule has 0 saturated heterocycles. The zero-order valence-corrected chi connectivity index (χ0v) is 18.3. The Balaban J connectivity index is 0.000000705. The number of nitrogens with zero attached hydrogens (tertiary/aromatic N) is 3. The van der Waals surface area contributed by atoms with Crippen molar-refractivity contribution >= 4 is 41.2 Å². The van der Waals surface area contributed by atoms with Gasteiger partial charge < -0.3 is 30.2 Å². The van der Waals surface area contributed by atoms with E-state index in [1.54, 1.807) is 12.4 Å². The number of hydrogen-bond acceptors (Lipinski definition) is 8. The minimum atomic E-state index is -1.82. The van der Waals surface area contributed by atoms with E-state index in [1.807, 2.05) is 55.4 Å². The van der Waals surface area contributed by atoms with Crippen molar-refractivity contribution < 1.29 is 44.4 Å². The quantitative estimate of drug-likeness (QED) is 0.201. The van der Waals surface area contributed by atoms with Crippen molar-refractivity contribution in [3.05, 3.63) is 64.9 Å². The zero-order chi connectivity index (χ0) is 25.4. The van der Waals surface area contributed by atoms with Gasteiger partial charge in [0.2, 0.25) is 0 Å². The molecular weight excluding hydrogens is 462 g/mol. The van der Waals surface area contributed by atoms with E-state index in [1.165, 1.54) is 0 Å². The summed E-state index contributed by atoms with van der Waals surface area (Å²) in [7, 11) is 3.99. The summed E-state index contributed by atoms with van der Waals surface area (Å²) in [6.07, 6.45) is 3.50. The molecule has 2 aromatic rings. The Hall–Kier alpha value is -4.03. The Bertz CT molecular complexity index is 901. The van der Waals surface area contributed by atoms with Crippen LogP contribution in [0.25, 0.3) is 0 Å². The van der Waals surface area contributed by atoms with Crippen molar-refractivity contribution in [3.8, 4) is 0 Å². The number of pyridine rings is 1. The van der Waals surface area contributed by atoms with Gasteiger partial charge in [0.15, 0.2) is 0 Å². The fourth-order valence-corrected chi connectivity index (χ4v) is 1.84. The summed E-state index contributed by atoms with van der Waals surface area (Å²) in [6.45, 7) is 1.34. The molecule has 0 unspecified atom stereocenters. The van der Waals surface area contributed by atoms with Gasteiger partial charge in [-0.05, 0) is 38.4 Å². The first kappa shape index (κ1) is 29.0. The van der Waals surface area contributed by atoms with Crippen molar-refractivity contribution in [2.45, 2.75) is 0 Å². The van der Waals surface area contributed by atoms with Crippen LogP contribution >= 0.6 is 11.6 Å². The molecule has 0 saturated carbocycles. The standard InChI is InChI=1S/C16H18ClN3O.2C2H2O4/c1-20(2)10-11-21-19-16(14-4-3-9-18-12-14)13-5-7-15(17)8-6-13;2*3-1(4)2(5)6/h3-9,12H,10-11H2,1-2H3;2*(H,3,4)(H,5,6)/b19-16+;;. The second-order valence-corrected chi connectivity index (χ2v) is 6.48. The van der Waals surface area contributed by atoms with E-state index in [0.717, 1.165) is 23.4 Å². The van der Waals surface area contributed by atoms with Crippen LogP contribution in [0.1, 0.15) is 11.1 Å². The molecule has 1 aromatic carbocycles. The number of aliphatic carboxylic acids is 4. The van der Waals surface area contributed by atoms with Gasteiger partial charge >= 0.3 is 23.9 Å². The number of benzene rings is 1. The lowest BCUT2D eigenvalue weighted by molar-refractivity contribution is -0.159. The highest BCUT2D eigenvalue weighted by Gasteiger charge is 2.08. The molecule has 13 heteroatoms. The number of carboxylic acids is 4. The van der Waals surface area contributed by atoms with Gasteiger partial charge in [0.1, 0.15) is 12.3 Å². The fraction of sp³-hybridized carbons (Fsp3) is 0.200. The molecule has 0 aliphatic heterocycles. The first-order chi connectivity index (χ1) is 15.5. The molecule has 0 radical (unpaired) electrons. The topological polar surface area (TPSA) is 187 Å². The summed E-state index contributed by atoms with van der Waals surface area (Å²) in [5.41, 5.74) is 2.60. The molecule has 1 heterocycles. The van der Waals surface area contributed by atoms with E-state index in [-0.39, 0.29) is 0 Å². The SMILES string of the molecule is CN(C)CCO/N=C(\c1ccc(Cl)cc1)c1cccnc1.O=C(O)C(=O)O.O=C(O)C(=O)O. The average molecular weight is 484 g/mol. The normalized spacial score (nSPS) is 10.1. The molecule has 0 amide bonds. The van der Waals surface area contributed by atoms with Crippen LogP contribution in [0.3, 0.4) is 0 Å². The minimum Gasteiger partial charge on any atom is -0.473 e. The summed E-state index contributed by atoms with van der Waals surface area (Å²) >= 11 is 5.94. The Morgan fingerprint density at radius 3 is 1.82 bits per heavy atom. The number of carboxylic acid groups (broad SMARTS) is 4. The van der Waals surface area contributed by atoms with Gasteiger partial charge in [0, 0.05) is 35.1 Å². The molecule has 0 bridgehead atoms. The van der Waals surface area contributed by atoms with E-state index >= 15 is 0 Å². The largest absolute Gasteiger partial charge is 0.473 e. The molecule has 0 aliphatic rings. The lowest BCUT2D eigenvalue weighted by Gasteiger charge is -2.10. The number of carbonyl (C=O) groups is 4. The van der Waals surface area contributed by atoms with Gasteiger partial charge in [-0.2, -0.15) is 0 Å². The monoisotopic (exact) mass is 483 g/mol. The predicted molar refractivity (Wildman–Crippen MR) is 116 cm³/mol. The number of halogens is 1. The highest BCUT2D eigenvalue weighted by molar-refractivity contribution is 6.30. The van der Waals surface area contributed by atoms with Crippen molar-refractivity contribution in [3.63, 3.8) is 0 Å². The third-order valence-electron chi connectivity index (χ3n) is 3.20. The zero-order valence-electron chi connectivity index (χ0n) is 17.6. The van der Waals surface area contributed by atoms with Gasteiger partial charge in [-0.25, -0.2) is 19.2 Å². The molecule has 4 N–H and O–H groups in total. The van der Waals surface area contributed by atoms with Crippen LogP contribution < -0.4 is 0 Å². The third kappa shape index (κ3) is 13.8. The van der Waals surface area contributed by atoms with Crippen LogP contribution in [0.5, 0.6) is 0 Å². The van der Waals surface area contributed by atoms with E-state index in [4.69, 9.17) is 56.0 Å². The van der Waals surface area contributed by atoms with E-state index in [2.05, 4.69) is 10.1 Å². The summed E-state index contributed by atoms with van der Waals surface area (Å²) in [5, 5.41) is 34.5. The summed E-state index contributed by atoms with van der Waals surface area (Å²) < 4.78 is 0. The van der Waals surface area contributed by atoms with Crippen molar-refractivity contribution in [1.82, 2.24) is 9.88 Å². The summed E-state index contributed by atoms with van der Waals surface area (Å²) in [4.78, 5) is 48.0. The van der Waals surface area contributed by atoms with Gasteiger partial charge in [0.25, 0.3) is 0 Å². The van der Waals surface area contributed by atoms with Crippen molar-refractivity contribution in [2.24, 2.45) is 5.16 Å². The fourth-order valence-electron chi connectivity index (χ4n) is 1.72. The van der Waals surface area contributed by atoms with Gasteiger partial charge in [-0.1, -0.05) is 28.9 Å². The Kier molecular flexibility index (Phi) is 13.8. The first-order valence-electron chi connectivity index (χ1n) is 8.89. The molecule has 2 rings (SSSR count). The molecule has 0 spiro atoms. The van der Waals surface area contributed by atoms with Crippen LogP contribution in [0.2, 0.25) is 5.02 Å². The molecule has 178 valence electrons. The maximum atomic E-state index is 9.10. The Morgan fingerprint density at radius 2 is 1.42 bits per heavy atom. The smallest absolute Gasteiger partial charge is 0.414 e. The molecule has 12 nitrogen and oxygen atoms in total. The second-order valence-electron chi connectivity index (χ2n) is 6.05. The highest BCUT2D eigenvalue weighted by Crippen LogP contribution is 2.14. The molecule has 0 fully saturated rings. The van der Waals surface area contributed by atoms with Crippen molar-refractivity contribution in [2.75, 3.05) is 27.2 Å². The van der Waals surface area contributed by atoms with Crippen molar-refractivity contribution in [1.29, 1.82) is 0 Å². The minimum absolute atomic E-state index is 0.532. The lowest BCUT2D eigenvalue weighted by atomic mass is 10.0. The molecular formula is C20H22ClN3O9. The number of rotatable bonds is 6. The van der Waals surface area contributed by atoms with E-state index in [0.29, 0.717) is 11.6 Å². The van der Waals surface area contributed by atoms with Crippen LogP contribution in [-0.2, 0) is 24.0 Å². The lowest BCUT2D eigenvalue weighted by Crippen LogP contribution is -2.17. The maximum Gasteiger partial charge on any atom is 0.414 e. The van der Waals surface area contributed by atoms with Crippen LogP contribution in [0.15, 0.2) is 53.9 Å². The molecule has 0 aliphatic carbocycles. The number of hydrogen-bond donors (Lipinski definition) is 4. The van der Waals surface area contributed by atoms with Gasteiger partial charge in [0.05, 0.1) is 0 Å². The predicted octanol–water partition coefficient (Wildman–Crippen LogP) is 1.38. The first-order valence-corrected chi connectivity index (χ1v) is 9.27. The van der Waals surface area contributed by atoms with Crippen LogP contribution in [0, 0.1) is 0 Å². The summed E-state index contributed by atoms with van der Waals surface area (Å²) in [5.74, 6) is -7.30. The highest BCUT2D eigenvalue weighted by atomic mass is 35.5. The third-order valence-corrected chi connectivity index (χ3v) is 3.46. The molecule has 0 atom stereocenters. The Morgan fingerprint density at radius 1 is 0.909 bits per heavy atom. The Labute approximate surface area is 193 Å². The second kappa shape index (κ2) is 15.7. The maximum absolute atomic E-state index is 9.10. The number of oxime groups is 1. The average Bonchev–Trinajstić information content (AvgIpc) is 2.76. The van der Waals surface area contributed by atoms with Crippen LogP contribution in [-0.4, -0.2) is 87.1 Å². The molecule has 1 aromatic heterocycles. The van der Waals surface area contributed by atoms with E-state index < -0.39 is 23.9 Å². The number of aromatic nitrogens is 1. The summed E-state index contributed by atoms with van der Waals surface area (Å²) in [6, 6.07) is 11.3. The molecule has 33 heavy (non-hydrogen) atoms. The number of likely N-dealkylation sites (N-methyl/N-ethyl adjacent to an activating group) is 1. The van der Waals surface area contributed by atoms with Gasteiger partial charge in [-0.15, -0.1) is 0 Å².